The zero-order valence-corrected chi connectivity index (χ0v) is 21.8. The number of para-hydroxylation sites is 1. The van der Waals surface area contributed by atoms with Crippen LogP contribution in [0.2, 0.25) is 0 Å². The molecule has 10 heteroatoms. The van der Waals surface area contributed by atoms with Gasteiger partial charge in [-0.1, -0.05) is 54.1 Å². The third kappa shape index (κ3) is 5.74. The molecule has 1 aliphatic rings. The summed E-state index contributed by atoms with van der Waals surface area (Å²) in [6.07, 6.45) is -0.0706. The summed E-state index contributed by atoms with van der Waals surface area (Å²) < 4.78 is 10.3. The number of carbonyl (C=O) groups is 3. The van der Waals surface area contributed by atoms with Crippen molar-refractivity contribution in [2.45, 2.75) is 32.0 Å². The minimum atomic E-state index is -1.12. The van der Waals surface area contributed by atoms with Crippen LogP contribution in [0, 0.1) is 23.0 Å². The van der Waals surface area contributed by atoms with E-state index < -0.39 is 40.7 Å². The highest BCUT2D eigenvalue weighted by Crippen LogP contribution is 2.45. The van der Waals surface area contributed by atoms with Gasteiger partial charge in [-0.05, 0) is 37.1 Å². The predicted molar refractivity (Wildman–Crippen MR) is 142 cm³/mol. The Morgan fingerprint density at radius 2 is 1.74 bits per heavy atom. The minimum absolute atomic E-state index is 0.0706. The van der Waals surface area contributed by atoms with Gasteiger partial charge in [-0.15, -0.1) is 0 Å². The summed E-state index contributed by atoms with van der Waals surface area (Å²) in [5.41, 5.74) is 2.02. The first-order chi connectivity index (χ1) is 18.7. The molecule has 1 saturated heterocycles. The normalized spacial score (nSPS) is 18.3. The van der Waals surface area contributed by atoms with Gasteiger partial charge in [0.2, 0.25) is 5.91 Å². The molecule has 3 unspecified atom stereocenters. The number of aryl methyl sites for hydroxylation is 1. The summed E-state index contributed by atoms with van der Waals surface area (Å²) in [4.78, 5) is 53.2. The van der Waals surface area contributed by atoms with Crippen LogP contribution in [0.5, 0.6) is 5.75 Å². The maximum absolute atomic E-state index is 14.0. The maximum atomic E-state index is 14.0. The predicted octanol–water partition coefficient (Wildman–Crippen LogP) is 3.97. The summed E-state index contributed by atoms with van der Waals surface area (Å²) >= 11 is 0. The lowest BCUT2D eigenvalue weighted by Crippen LogP contribution is -2.46. The number of likely N-dealkylation sites (tertiary alicyclic amines) is 1. The highest BCUT2D eigenvalue weighted by molar-refractivity contribution is 5.99. The quantitative estimate of drug-likeness (QED) is 0.265. The van der Waals surface area contributed by atoms with Crippen LogP contribution in [0.4, 0.5) is 5.69 Å². The van der Waals surface area contributed by atoms with Crippen molar-refractivity contribution in [3.8, 4) is 5.75 Å². The van der Waals surface area contributed by atoms with E-state index in [1.54, 1.807) is 24.3 Å². The lowest BCUT2D eigenvalue weighted by molar-refractivity contribution is -0.386. The molecule has 3 aromatic carbocycles. The first-order valence-electron chi connectivity index (χ1n) is 12.4. The molecule has 3 atom stereocenters. The highest BCUT2D eigenvalue weighted by Gasteiger charge is 2.52. The molecule has 39 heavy (non-hydrogen) atoms. The molecule has 1 aliphatic heterocycles. The number of rotatable bonds is 8. The van der Waals surface area contributed by atoms with Gasteiger partial charge in [0.1, 0.15) is 11.8 Å². The van der Waals surface area contributed by atoms with E-state index >= 15 is 0 Å². The molecule has 0 aliphatic carbocycles. The number of nitrogens with zero attached hydrogens (tertiary/aromatic N) is 2. The number of nitro benzene ring substituents is 1. The van der Waals surface area contributed by atoms with E-state index in [1.807, 2.05) is 31.2 Å². The smallest absolute Gasteiger partial charge is 0.311 e. The molecule has 0 aromatic heterocycles. The molecular formula is C29H29N3O7. The number of ether oxygens (including phenoxy) is 2. The first kappa shape index (κ1) is 27.3. The first-order valence-corrected chi connectivity index (χ1v) is 12.4. The lowest BCUT2D eigenvalue weighted by atomic mass is 9.91. The second-order valence-corrected chi connectivity index (χ2v) is 9.29. The number of methoxy groups -OCH3 is 2. The molecule has 1 N–H and O–H groups in total. The van der Waals surface area contributed by atoms with E-state index in [0.717, 1.165) is 11.1 Å². The number of hydrogen-bond donors (Lipinski definition) is 1. The molecule has 10 nitrogen and oxygen atoms in total. The van der Waals surface area contributed by atoms with Crippen LogP contribution >= 0.6 is 0 Å². The lowest BCUT2D eigenvalue weighted by Gasteiger charge is -2.31. The molecular weight excluding hydrogens is 502 g/mol. The Morgan fingerprint density at radius 1 is 1.03 bits per heavy atom. The number of nitrogens with one attached hydrogen (secondary N) is 1. The number of nitro groups is 1. The van der Waals surface area contributed by atoms with Gasteiger partial charge in [-0.2, -0.15) is 0 Å². The Labute approximate surface area is 225 Å². The second kappa shape index (κ2) is 11.8. The molecule has 0 radical (unpaired) electrons. The summed E-state index contributed by atoms with van der Waals surface area (Å²) in [5.74, 6) is -2.32. The Hall–Kier alpha value is -4.73. The van der Waals surface area contributed by atoms with E-state index in [0.29, 0.717) is 5.75 Å². The molecule has 0 spiro atoms. The van der Waals surface area contributed by atoms with Gasteiger partial charge in [0.25, 0.3) is 11.6 Å². The van der Waals surface area contributed by atoms with Crippen LogP contribution in [0.1, 0.15) is 39.5 Å². The van der Waals surface area contributed by atoms with Gasteiger partial charge in [0.05, 0.1) is 36.7 Å². The number of hydrogen-bond acceptors (Lipinski definition) is 7. The van der Waals surface area contributed by atoms with Crippen molar-refractivity contribution in [1.29, 1.82) is 0 Å². The Kier molecular flexibility index (Phi) is 8.24. The topological polar surface area (TPSA) is 128 Å². The van der Waals surface area contributed by atoms with Gasteiger partial charge < -0.3 is 19.7 Å². The van der Waals surface area contributed by atoms with Crippen LogP contribution in [-0.2, 0) is 20.9 Å². The summed E-state index contributed by atoms with van der Waals surface area (Å²) in [7, 11) is 2.67. The average molecular weight is 532 g/mol. The number of benzene rings is 3. The number of carbonyl (C=O) groups excluding carboxylic acids is 3. The summed E-state index contributed by atoms with van der Waals surface area (Å²) in [5, 5.41) is 14.8. The average Bonchev–Trinajstić information content (AvgIpc) is 3.36. The van der Waals surface area contributed by atoms with Gasteiger partial charge in [-0.3, -0.25) is 24.5 Å². The Morgan fingerprint density at radius 3 is 2.41 bits per heavy atom. The molecule has 1 fully saturated rings. The number of esters is 1. The molecule has 3 aromatic rings. The number of amides is 2. The van der Waals surface area contributed by atoms with Crippen molar-refractivity contribution in [3.05, 3.63) is 105 Å². The molecule has 1 heterocycles. The van der Waals surface area contributed by atoms with Crippen molar-refractivity contribution in [1.82, 2.24) is 10.2 Å². The van der Waals surface area contributed by atoms with E-state index in [9.17, 15) is 24.5 Å². The van der Waals surface area contributed by atoms with E-state index in [-0.39, 0.29) is 29.8 Å². The van der Waals surface area contributed by atoms with Gasteiger partial charge in [0, 0.05) is 18.2 Å². The van der Waals surface area contributed by atoms with Crippen LogP contribution in [-0.4, -0.2) is 47.9 Å². The van der Waals surface area contributed by atoms with Gasteiger partial charge in [0.15, 0.2) is 0 Å². The van der Waals surface area contributed by atoms with E-state index in [2.05, 4.69) is 5.32 Å². The molecule has 0 saturated carbocycles. The fourth-order valence-electron chi connectivity index (χ4n) is 4.94. The van der Waals surface area contributed by atoms with Gasteiger partial charge in [-0.25, -0.2) is 0 Å². The fourth-order valence-corrected chi connectivity index (χ4v) is 4.94. The largest absolute Gasteiger partial charge is 0.497 e. The molecule has 0 bridgehead atoms. The van der Waals surface area contributed by atoms with Crippen molar-refractivity contribution >= 4 is 23.5 Å². The molecule has 202 valence electrons. The van der Waals surface area contributed by atoms with Crippen molar-refractivity contribution in [2.24, 2.45) is 5.92 Å². The fraction of sp³-hybridized carbons (Fsp3) is 0.276. The van der Waals surface area contributed by atoms with E-state index in [4.69, 9.17) is 9.47 Å². The van der Waals surface area contributed by atoms with Crippen molar-refractivity contribution in [3.63, 3.8) is 0 Å². The summed E-state index contributed by atoms with van der Waals surface area (Å²) in [6, 6.07) is 17.7. The van der Waals surface area contributed by atoms with Crippen LogP contribution in [0.25, 0.3) is 0 Å². The highest BCUT2D eigenvalue weighted by atomic mass is 16.6. The minimum Gasteiger partial charge on any atom is -0.497 e. The zero-order valence-electron chi connectivity index (χ0n) is 21.8. The Bertz CT molecular complexity index is 1390. The van der Waals surface area contributed by atoms with Crippen LogP contribution < -0.4 is 10.1 Å². The summed E-state index contributed by atoms with van der Waals surface area (Å²) in [6.45, 7) is 2.16. The second-order valence-electron chi connectivity index (χ2n) is 9.29. The zero-order chi connectivity index (χ0) is 28.1. The molecule has 4 rings (SSSR count). The van der Waals surface area contributed by atoms with Crippen molar-refractivity contribution in [2.75, 3.05) is 14.2 Å². The maximum Gasteiger partial charge on any atom is 0.311 e. The van der Waals surface area contributed by atoms with E-state index in [1.165, 1.54) is 43.4 Å². The monoisotopic (exact) mass is 531 g/mol. The van der Waals surface area contributed by atoms with Gasteiger partial charge >= 0.3 is 5.97 Å². The third-order valence-electron chi connectivity index (χ3n) is 6.89. The molecule has 2 amide bonds. The van der Waals surface area contributed by atoms with Crippen LogP contribution in [0.15, 0.2) is 72.8 Å². The van der Waals surface area contributed by atoms with Crippen LogP contribution in [0.3, 0.4) is 0 Å². The third-order valence-corrected chi connectivity index (χ3v) is 6.89. The Balaban J connectivity index is 1.79. The van der Waals surface area contributed by atoms with Crippen molar-refractivity contribution < 1.29 is 28.8 Å². The SMILES string of the molecule is COC(=O)C1CC(C(=O)NCc2ccc(C)cc2)N(C(=O)c2cccc(OC)c2)C1c1ccccc1[N+](=O)[O-]. The standard InChI is InChI=1S/C29H29N3O7/c1-18-11-13-19(14-12-18)17-30-27(33)25-16-23(29(35)39-3)26(22-9-4-5-10-24(22)32(36)37)31(25)28(34)20-7-6-8-21(15-20)38-2/h4-15,23,25-26H,16-17H2,1-3H3,(H,30,33).